The van der Waals surface area contributed by atoms with E-state index in [4.69, 9.17) is 17.3 Å². The van der Waals surface area contributed by atoms with Crippen LogP contribution in [0.15, 0.2) is 9.70 Å². The van der Waals surface area contributed by atoms with E-state index in [9.17, 15) is 19.6 Å². The SMILES string of the molecule is CCn1c(N2CCCCCC2)c(C=C2SC(=S)N(CCC(=O)O)C2=O)c(C)c(C#N)c1=O. The first-order valence-corrected chi connectivity index (χ1v) is 11.9. The van der Waals surface area contributed by atoms with Gasteiger partial charge in [-0.15, -0.1) is 0 Å². The van der Waals surface area contributed by atoms with E-state index in [1.807, 2.05) is 13.0 Å². The highest BCUT2D eigenvalue weighted by Gasteiger charge is 2.33. The highest BCUT2D eigenvalue weighted by Crippen LogP contribution is 2.36. The van der Waals surface area contributed by atoms with Crippen LogP contribution in [0, 0.1) is 18.3 Å². The van der Waals surface area contributed by atoms with Gasteiger partial charge in [-0.2, -0.15) is 5.26 Å². The van der Waals surface area contributed by atoms with E-state index in [2.05, 4.69) is 4.90 Å². The molecule has 1 aromatic heterocycles. The van der Waals surface area contributed by atoms with E-state index in [1.165, 1.54) is 4.90 Å². The van der Waals surface area contributed by atoms with Gasteiger partial charge in [0.25, 0.3) is 11.5 Å². The smallest absolute Gasteiger partial charge is 0.305 e. The third kappa shape index (κ3) is 4.74. The standard InChI is InChI=1S/C22H26N4O4S2/c1-3-25-19(24-9-6-4-5-7-10-24)15(14(2)16(13-23)20(25)29)12-17-21(30)26(22(31)32-17)11-8-18(27)28/h12H,3-11H2,1-2H3,(H,27,28). The molecule has 1 amide bonds. The average Bonchev–Trinajstić information content (AvgIpc) is 2.93. The number of carboxylic acids is 1. The van der Waals surface area contributed by atoms with Gasteiger partial charge in [-0.05, 0) is 38.3 Å². The van der Waals surface area contributed by atoms with Crippen molar-refractivity contribution < 1.29 is 14.7 Å². The molecule has 3 rings (SSSR count). The molecular formula is C22H26N4O4S2. The molecule has 0 radical (unpaired) electrons. The van der Waals surface area contributed by atoms with Gasteiger partial charge in [-0.1, -0.05) is 36.8 Å². The van der Waals surface area contributed by atoms with E-state index >= 15 is 0 Å². The molecule has 0 aliphatic carbocycles. The molecule has 2 aliphatic heterocycles. The van der Waals surface area contributed by atoms with Crippen molar-refractivity contribution >= 4 is 52.1 Å². The number of rotatable bonds is 6. The Morgan fingerprint density at radius 1 is 1.25 bits per heavy atom. The first kappa shape index (κ1) is 24.0. The zero-order valence-electron chi connectivity index (χ0n) is 18.2. The van der Waals surface area contributed by atoms with Crippen molar-refractivity contribution in [1.82, 2.24) is 9.47 Å². The van der Waals surface area contributed by atoms with Gasteiger partial charge in [0.2, 0.25) is 0 Å². The minimum atomic E-state index is -1.00. The zero-order valence-corrected chi connectivity index (χ0v) is 19.9. The molecule has 0 atom stereocenters. The van der Waals surface area contributed by atoms with Gasteiger partial charge >= 0.3 is 5.97 Å². The van der Waals surface area contributed by atoms with Gasteiger partial charge < -0.3 is 10.0 Å². The number of carbonyl (C=O) groups excluding carboxylic acids is 1. The summed E-state index contributed by atoms with van der Waals surface area (Å²) in [5, 5.41) is 18.6. The van der Waals surface area contributed by atoms with Crippen molar-refractivity contribution in [3.05, 3.63) is 31.9 Å². The number of carboxylic acid groups (broad SMARTS) is 1. The summed E-state index contributed by atoms with van der Waals surface area (Å²) in [7, 11) is 0. The first-order valence-electron chi connectivity index (χ1n) is 10.7. The van der Waals surface area contributed by atoms with Crippen LogP contribution in [-0.4, -0.2) is 50.4 Å². The molecule has 10 heteroatoms. The van der Waals surface area contributed by atoms with Gasteiger partial charge in [0, 0.05) is 31.7 Å². The quantitative estimate of drug-likeness (QED) is 0.495. The number of aromatic nitrogens is 1. The number of amides is 1. The lowest BCUT2D eigenvalue weighted by Crippen LogP contribution is -2.35. The second-order valence-corrected chi connectivity index (χ2v) is 9.45. The fourth-order valence-electron chi connectivity index (χ4n) is 4.09. The van der Waals surface area contributed by atoms with E-state index in [1.54, 1.807) is 17.6 Å². The van der Waals surface area contributed by atoms with Crippen LogP contribution in [0.1, 0.15) is 55.7 Å². The maximum Gasteiger partial charge on any atom is 0.305 e. The van der Waals surface area contributed by atoms with Crippen LogP contribution in [-0.2, 0) is 16.1 Å². The number of pyridine rings is 1. The molecule has 2 saturated heterocycles. The molecule has 2 aliphatic rings. The Kier molecular flexibility index (Phi) is 7.74. The minimum Gasteiger partial charge on any atom is -0.481 e. The first-order chi connectivity index (χ1) is 15.3. The van der Waals surface area contributed by atoms with Crippen LogP contribution in [0.4, 0.5) is 5.82 Å². The van der Waals surface area contributed by atoms with Crippen LogP contribution in [0.5, 0.6) is 0 Å². The van der Waals surface area contributed by atoms with E-state index in [0.29, 0.717) is 26.9 Å². The molecule has 0 unspecified atom stereocenters. The molecule has 2 fully saturated rings. The third-order valence-corrected chi connectivity index (χ3v) is 7.14. The molecular weight excluding hydrogens is 448 g/mol. The van der Waals surface area contributed by atoms with Gasteiger partial charge in [-0.25, -0.2) is 0 Å². The Balaban J connectivity index is 2.15. The molecule has 170 valence electrons. The van der Waals surface area contributed by atoms with Crippen molar-refractivity contribution in [3.63, 3.8) is 0 Å². The predicted molar refractivity (Wildman–Crippen MR) is 129 cm³/mol. The van der Waals surface area contributed by atoms with Gasteiger partial charge in [0.05, 0.1) is 11.3 Å². The maximum atomic E-state index is 13.0. The van der Waals surface area contributed by atoms with Crippen LogP contribution in [0.2, 0.25) is 0 Å². The van der Waals surface area contributed by atoms with Crippen molar-refractivity contribution in [3.8, 4) is 6.07 Å². The number of aliphatic carboxylic acids is 1. The number of hydrogen-bond acceptors (Lipinski definition) is 7. The van der Waals surface area contributed by atoms with Crippen LogP contribution >= 0.6 is 24.0 Å². The lowest BCUT2D eigenvalue weighted by atomic mass is 10.0. The summed E-state index contributed by atoms with van der Waals surface area (Å²) in [5.74, 6) is -0.627. The lowest BCUT2D eigenvalue weighted by Gasteiger charge is -2.29. The van der Waals surface area contributed by atoms with Gasteiger partial charge in [-0.3, -0.25) is 23.9 Å². The number of thiocarbonyl (C=S) groups is 1. The summed E-state index contributed by atoms with van der Waals surface area (Å²) in [6.45, 7) is 5.61. The summed E-state index contributed by atoms with van der Waals surface area (Å²) in [5.41, 5.74) is 0.955. The normalized spacial score (nSPS) is 18.2. The van der Waals surface area contributed by atoms with Crippen LogP contribution in [0.25, 0.3) is 6.08 Å². The van der Waals surface area contributed by atoms with Crippen molar-refractivity contribution in [1.29, 1.82) is 5.26 Å². The minimum absolute atomic E-state index is 0.00715. The van der Waals surface area contributed by atoms with Crippen LogP contribution in [0.3, 0.4) is 0 Å². The van der Waals surface area contributed by atoms with E-state index < -0.39 is 5.97 Å². The fraction of sp³-hybridized carbons (Fsp3) is 0.500. The zero-order chi connectivity index (χ0) is 23.4. The molecule has 0 saturated carbocycles. The number of thioether (sulfide) groups is 1. The van der Waals surface area contributed by atoms with Crippen molar-refractivity contribution in [2.75, 3.05) is 24.5 Å². The topological polar surface area (TPSA) is 107 Å². The summed E-state index contributed by atoms with van der Waals surface area (Å²) in [4.78, 5) is 40.8. The molecule has 0 aromatic carbocycles. The largest absolute Gasteiger partial charge is 0.481 e. The fourth-order valence-corrected chi connectivity index (χ4v) is 5.38. The Labute approximate surface area is 196 Å². The molecule has 3 heterocycles. The van der Waals surface area contributed by atoms with Crippen LogP contribution < -0.4 is 10.5 Å². The Morgan fingerprint density at radius 2 is 1.91 bits per heavy atom. The molecule has 0 bridgehead atoms. The Bertz CT molecular complexity index is 1080. The second kappa shape index (κ2) is 10.3. The van der Waals surface area contributed by atoms with E-state index in [-0.39, 0.29) is 30.0 Å². The summed E-state index contributed by atoms with van der Waals surface area (Å²) in [6, 6.07) is 2.03. The second-order valence-electron chi connectivity index (χ2n) is 7.78. The van der Waals surface area contributed by atoms with Crippen molar-refractivity contribution in [2.45, 2.75) is 52.5 Å². The molecule has 0 spiro atoms. The number of nitrogens with zero attached hydrogens (tertiary/aromatic N) is 4. The summed E-state index contributed by atoms with van der Waals surface area (Å²) >= 11 is 6.42. The Morgan fingerprint density at radius 3 is 2.47 bits per heavy atom. The number of carbonyl (C=O) groups is 2. The van der Waals surface area contributed by atoms with Crippen molar-refractivity contribution in [2.24, 2.45) is 0 Å². The molecule has 8 nitrogen and oxygen atoms in total. The number of nitriles is 1. The third-order valence-electron chi connectivity index (χ3n) is 5.77. The highest BCUT2D eigenvalue weighted by atomic mass is 32.2. The summed E-state index contributed by atoms with van der Waals surface area (Å²) in [6.07, 6.45) is 5.78. The monoisotopic (exact) mass is 474 g/mol. The number of anilines is 1. The maximum absolute atomic E-state index is 13.0. The Hall–Kier alpha value is -2.64. The van der Waals surface area contributed by atoms with Gasteiger partial charge in [0.15, 0.2) is 0 Å². The molecule has 1 N–H and O–H groups in total. The van der Waals surface area contributed by atoms with E-state index in [0.717, 1.165) is 56.4 Å². The molecule has 1 aromatic rings. The predicted octanol–water partition coefficient (Wildman–Crippen LogP) is 3.10. The average molecular weight is 475 g/mol. The number of hydrogen-bond donors (Lipinski definition) is 1. The molecule has 32 heavy (non-hydrogen) atoms. The highest BCUT2D eigenvalue weighted by molar-refractivity contribution is 8.26. The lowest BCUT2D eigenvalue weighted by molar-refractivity contribution is -0.137. The summed E-state index contributed by atoms with van der Waals surface area (Å²) < 4.78 is 1.93. The van der Waals surface area contributed by atoms with Gasteiger partial charge in [0.1, 0.15) is 21.8 Å².